The fraction of sp³-hybridized carbons (Fsp3) is 0.346. The fourth-order valence-electron chi connectivity index (χ4n) is 4.61. The van der Waals surface area contributed by atoms with Gasteiger partial charge in [-0.15, -0.1) is 0 Å². The molecule has 0 aliphatic carbocycles. The first kappa shape index (κ1) is 23.9. The Bertz CT molecular complexity index is 1130. The summed E-state index contributed by atoms with van der Waals surface area (Å²) in [5, 5.41) is 7.07. The second kappa shape index (κ2) is 10.8. The number of benzene rings is 1. The molecule has 34 heavy (non-hydrogen) atoms. The van der Waals surface area contributed by atoms with Crippen LogP contribution in [0, 0.1) is 13.8 Å². The monoisotopic (exact) mass is 477 g/mol. The molecule has 0 unspecified atom stereocenters. The molecule has 1 amide bonds. The highest BCUT2D eigenvalue weighted by molar-refractivity contribution is 7.80. The van der Waals surface area contributed by atoms with E-state index in [0.29, 0.717) is 24.7 Å². The van der Waals surface area contributed by atoms with E-state index in [4.69, 9.17) is 17.0 Å². The Morgan fingerprint density at radius 3 is 2.62 bits per heavy atom. The van der Waals surface area contributed by atoms with Crippen molar-refractivity contribution in [3.05, 3.63) is 83.4 Å². The van der Waals surface area contributed by atoms with Crippen LogP contribution in [0.25, 0.3) is 0 Å². The summed E-state index contributed by atoms with van der Waals surface area (Å²) in [7, 11) is 1.72. The van der Waals surface area contributed by atoms with Gasteiger partial charge >= 0.3 is 0 Å². The number of anilines is 1. The van der Waals surface area contributed by atoms with Crippen LogP contribution in [-0.2, 0) is 16.1 Å². The molecule has 1 saturated heterocycles. The molecule has 0 bridgehead atoms. The Kier molecular flexibility index (Phi) is 7.59. The van der Waals surface area contributed by atoms with E-state index in [1.54, 1.807) is 13.3 Å². The highest BCUT2D eigenvalue weighted by Crippen LogP contribution is 2.40. The fourth-order valence-corrected chi connectivity index (χ4v) is 4.94. The van der Waals surface area contributed by atoms with Crippen LogP contribution in [0.5, 0.6) is 0 Å². The van der Waals surface area contributed by atoms with E-state index >= 15 is 0 Å². The first-order valence-electron chi connectivity index (χ1n) is 11.5. The third kappa shape index (κ3) is 5.13. The number of nitrogens with one attached hydrogen (secondary N) is 2. The molecule has 3 aromatic rings. The second-order valence-corrected chi connectivity index (χ2v) is 8.84. The van der Waals surface area contributed by atoms with Gasteiger partial charge in [-0.05, 0) is 62.0 Å². The van der Waals surface area contributed by atoms with Gasteiger partial charge in [-0.3, -0.25) is 9.78 Å². The average molecular weight is 478 g/mol. The maximum atomic E-state index is 12.7. The Morgan fingerprint density at radius 1 is 1.15 bits per heavy atom. The number of hydrogen-bond acceptors (Lipinski definition) is 4. The summed E-state index contributed by atoms with van der Waals surface area (Å²) in [6, 6.07) is 17.5. The standard InChI is InChI=1S/C26H31N5O2S/c1-18-17-21(19(2)30(18)15-16-33-3)25-24(22-11-7-8-13-27-22)29-26(34)31(25)14-12-23(32)28-20-9-5-4-6-10-20/h4-11,13,17,24-25H,12,14-16H2,1-3H3,(H,28,32)(H,29,34)/t24-,25+/m0/s1. The Hall–Kier alpha value is -3.23. The second-order valence-electron chi connectivity index (χ2n) is 8.46. The zero-order valence-corrected chi connectivity index (χ0v) is 20.6. The number of hydrogen-bond donors (Lipinski definition) is 2. The van der Waals surface area contributed by atoms with Crippen molar-refractivity contribution in [1.82, 2.24) is 19.8 Å². The first-order chi connectivity index (χ1) is 16.5. The molecule has 2 N–H and O–H groups in total. The van der Waals surface area contributed by atoms with Gasteiger partial charge in [0, 0.05) is 49.9 Å². The summed E-state index contributed by atoms with van der Waals surface area (Å²) < 4.78 is 7.59. The SMILES string of the molecule is COCCn1c(C)cc([C@@H]2[C@H](c3ccccn3)NC(=S)N2CCC(=O)Nc2ccccc2)c1C. The van der Waals surface area contributed by atoms with E-state index in [9.17, 15) is 4.79 Å². The van der Waals surface area contributed by atoms with E-state index in [2.05, 4.69) is 45.0 Å². The number of rotatable bonds is 9. The van der Waals surface area contributed by atoms with Gasteiger partial charge in [0.25, 0.3) is 0 Å². The smallest absolute Gasteiger partial charge is 0.226 e. The Morgan fingerprint density at radius 2 is 1.91 bits per heavy atom. The van der Waals surface area contributed by atoms with Gasteiger partial charge in [-0.25, -0.2) is 0 Å². The van der Waals surface area contributed by atoms with Crippen LogP contribution >= 0.6 is 12.2 Å². The van der Waals surface area contributed by atoms with E-state index < -0.39 is 0 Å². The number of aromatic nitrogens is 2. The maximum absolute atomic E-state index is 12.7. The zero-order chi connectivity index (χ0) is 24.1. The molecule has 1 aliphatic heterocycles. The zero-order valence-electron chi connectivity index (χ0n) is 19.8. The summed E-state index contributed by atoms with van der Waals surface area (Å²) in [6.45, 7) is 6.17. The lowest BCUT2D eigenvalue weighted by Gasteiger charge is -2.28. The first-order valence-corrected chi connectivity index (χ1v) is 11.9. The van der Waals surface area contributed by atoms with Crippen LogP contribution in [0.15, 0.2) is 60.8 Å². The number of nitrogens with zero attached hydrogens (tertiary/aromatic N) is 3. The molecule has 0 spiro atoms. The largest absolute Gasteiger partial charge is 0.383 e. The van der Waals surface area contributed by atoms with Crippen LogP contribution < -0.4 is 10.6 Å². The summed E-state index contributed by atoms with van der Waals surface area (Å²) in [4.78, 5) is 19.4. The Balaban J connectivity index is 1.61. The molecule has 4 rings (SSSR count). The lowest BCUT2D eigenvalue weighted by Crippen LogP contribution is -2.33. The Labute approximate surface area is 206 Å². The van der Waals surface area contributed by atoms with Crippen molar-refractivity contribution in [3.8, 4) is 0 Å². The predicted molar refractivity (Wildman–Crippen MR) is 138 cm³/mol. The average Bonchev–Trinajstić information content (AvgIpc) is 3.32. The van der Waals surface area contributed by atoms with Crippen molar-refractivity contribution in [2.24, 2.45) is 0 Å². The van der Waals surface area contributed by atoms with E-state index in [1.165, 1.54) is 17.0 Å². The van der Waals surface area contributed by atoms with E-state index in [0.717, 1.165) is 17.9 Å². The number of methoxy groups -OCH3 is 1. The van der Waals surface area contributed by atoms with Crippen LogP contribution in [0.3, 0.4) is 0 Å². The topological polar surface area (TPSA) is 71.4 Å². The van der Waals surface area contributed by atoms with Crippen molar-refractivity contribution in [2.75, 3.05) is 25.6 Å². The van der Waals surface area contributed by atoms with Crippen LogP contribution in [0.4, 0.5) is 5.69 Å². The van der Waals surface area contributed by atoms with Crippen LogP contribution in [0.2, 0.25) is 0 Å². The predicted octanol–water partition coefficient (Wildman–Crippen LogP) is 4.15. The van der Waals surface area contributed by atoms with Gasteiger partial charge in [0.15, 0.2) is 5.11 Å². The minimum Gasteiger partial charge on any atom is -0.383 e. The lowest BCUT2D eigenvalue weighted by atomic mass is 9.96. The third-order valence-electron chi connectivity index (χ3n) is 6.29. The van der Waals surface area contributed by atoms with Gasteiger partial charge in [0.2, 0.25) is 5.91 Å². The number of para-hydroxylation sites is 1. The molecule has 7 nitrogen and oxygen atoms in total. The molecule has 2 atom stereocenters. The highest BCUT2D eigenvalue weighted by atomic mass is 32.1. The highest BCUT2D eigenvalue weighted by Gasteiger charge is 2.41. The number of carbonyl (C=O) groups excluding carboxylic acids is 1. The molecule has 8 heteroatoms. The number of thiocarbonyl (C=S) groups is 1. The molecular weight excluding hydrogens is 446 g/mol. The van der Waals surface area contributed by atoms with Gasteiger partial charge < -0.3 is 24.8 Å². The lowest BCUT2D eigenvalue weighted by molar-refractivity contribution is -0.116. The third-order valence-corrected chi connectivity index (χ3v) is 6.64. The molecule has 178 valence electrons. The van der Waals surface area contributed by atoms with Gasteiger partial charge in [0.1, 0.15) is 0 Å². The van der Waals surface area contributed by atoms with Gasteiger partial charge in [-0.1, -0.05) is 24.3 Å². The maximum Gasteiger partial charge on any atom is 0.226 e. The van der Waals surface area contributed by atoms with Crippen molar-refractivity contribution in [3.63, 3.8) is 0 Å². The molecule has 2 aromatic heterocycles. The van der Waals surface area contributed by atoms with Crippen molar-refractivity contribution in [1.29, 1.82) is 0 Å². The number of ether oxygens (including phenoxy) is 1. The molecule has 1 aliphatic rings. The quantitative estimate of drug-likeness (QED) is 0.451. The van der Waals surface area contributed by atoms with Crippen molar-refractivity contribution in [2.45, 2.75) is 38.9 Å². The summed E-state index contributed by atoms with van der Waals surface area (Å²) in [6.07, 6.45) is 2.12. The normalized spacial score (nSPS) is 17.6. The minimum atomic E-state index is -0.109. The van der Waals surface area contributed by atoms with Crippen molar-refractivity contribution >= 4 is 28.9 Å². The van der Waals surface area contributed by atoms with Crippen LogP contribution in [0.1, 0.15) is 41.1 Å². The molecule has 0 saturated carbocycles. The van der Waals surface area contributed by atoms with Crippen molar-refractivity contribution < 1.29 is 9.53 Å². The molecule has 1 fully saturated rings. The number of carbonyl (C=O) groups is 1. The summed E-state index contributed by atoms with van der Waals surface area (Å²) in [5.74, 6) is -0.0420. The minimum absolute atomic E-state index is 0.0420. The van der Waals surface area contributed by atoms with Gasteiger partial charge in [-0.2, -0.15) is 0 Å². The number of pyridine rings is 1. The molecular formula is C26H31N5O2S. The number of amides is 1. The molecule has 3 heterocycles. The van der Waals surface area contributed by atoms with Crippen LogP contribution in [-0.4, -0.2) is 45.7 Å². The van der Waals surface area contributed by atoms with E-state index in [-0.39, 0.29) is 18.0 Å². The number of aryl methyl sites for hydroxylation is 1. The van der Waals surface area contributed by atoms with Gasteiger partial charge in [0.05, 0.1) is 24.4 Å². The summed E-state index contributed by atoms with van der Waals surface area (Å²) >= 11 is 5.76. The molecule has 1 aromatic carbocycles. The summed E-state index contributed by atoms with van der Waals surface area (Å²) in [5.41, 5.74) is 5.24. The van der Waals surface area contributed by atoms with E-state index in [1.807, 2.05) is 48.5 Å². The molecule has 0 radical (unpaired) electrons.